The number of anilines is 2. The molecule has 0 radical (unpaired) electrons. The van der Waals surface area contributed by atoms with Crippen LogP contribution in [0, 0.1) is 11.3 Å². The monoisotopic (exact) mass is 448 g/mol. The van der Waals surface area contributed by atoms with Crippen molar-refractivity contribution in [2.45, 2.75) is 50.7 Å². The van der Waals surface area contributed by atoms with E-state index in [-0.39, 0.29) is 12.0 Å². The lowest BCUT2D eigenvalue weighted by molar-refractivity contribution is 0.0902. The Morgan fingerprint density at radius 1 is 1.21 bits per heavy atom. The second-order valence-electron chi connectivity index (χ2n) is 9.23. The summed E-state index contributed by atoms with van der Waals surface area (Å²) in [6, 6.07) is 7.33. The topological polar surface area (TPSA) is 108 Å². The van der Waals surface area contributed by atoms with Gasteiger partial charge in [0, 0.05) is 24.7 Å². The normalized spacial score (nSPS) is 26.0. The molecule has 4 atom stereocenters. The first kappa shape index (κ1) is 20.4. The average Bonchev–Trinajstić information content (AvgIpc) is 3.55. The van der Waals surface area contributed by atoms with Gasteiger partial charge in [-0.1, -0.05) is 0 Å². The lowest BCUT2D eigenvalue weighted by atomic mass is 10.0. The zero-order chi connectivity index (χ0) is 22.5. The van der Waals surface area contributed by atoms with Gasteiger partial charge in [-0.25, -0.2) is 4.98 Å². The van der Waals surface area contributed by atoms with Crippen molar-refractivity contribution in [2.24, 2.45) is 0 Å². The first-order valence-electron chi connectivity index (χ1n) is 11.7. The number of rotatable bonds is 4. The SMILES string of the molecule is C[C@@H]1COCCN1c1cc(N2C3CCC2COC3)nc2c1c([C@@H](C)C#N)nn2-c1ccn[nH]1. The smallest absolute Gasteiger partial charge is 0.169 e. The van der Waals surface area contributed by atoms with Crippen molar-refractivity contribution in [1.82, 2.24) is 25.0 Å². The molecule has 3 aromatic rings. The van der Waals surface area contributed by atoms with E-state index in [2.05, 4.69) is 39.1 Å². The van der Waals surface area contributed by atoms with Gasteiger partial charge < -0.3 is 19.3 Å². The molecule has 1 N–H and O–H groups in total. The van der Waals surface area contributed by atoms with Crippen LogP contribution in [0.1, 0.15) is 38.3 Å². The summed E-state index contributed by atoms with van der Waals surface area (Å²) in [5.41, 5.74) is 2.55. The zero-order valence-corrected chi connectivity index (χ0v) is 18.9. The van der Waals surface area contributed by atoms with Crippen LogP contribution in [0.3, 0.4) is 0 Å². The highest BCUT2D eigenvalue weighted by molar-refractivity contribution is 5.95. The van der Waals surface area contributed by atoms with E-state index in [4.69, 9.17) is 19.6 Å². The van der Waals surface area contributed by atoms with E-state index in [1.165, 1.54) is 0 Å². The van der Waals surface area contributed by atoms with Crippen LogP contribution in [0.25, 0.3) is 16.9 Å². The highest BCUT2D eigenvalue weighted by atomic mass is 16.5. The molecule has 33 heavy (non-hydrogen) atoms. The number of aromatic nitrogens is 5. The molecule has 3 saturated heterocycles. The van der Waals surface area contributed by atoms with Crippen LogP contribution in [-0.2, 0) is 9.47 Å². The summed E-state index contributed by atoms with van der Waals surface area (Å²) in [4.78, 5) is 9.99. The number of nitrogens with zero attached hydrogens (tertiary/aromatic N) is 7. The maximum Gasteiger partial charge on any atom is 0.169 e. The third-order valence-electron chi connectivity index (χ3n) is 7.13. The molecule has 3 fully saturated rings. The fraction of sp³-hybridized carbons (Fsp3) is 0.565. The van der Waals surface area contributed by atoms with Crippen molar-refractivity contribution in [3.63, 3.8) is 0 Å². The highest BCUT2D eigenvalue weighted by Gasteiger charge is 2.39. The molecule has 10 heteroatoms. The van der Waals surface area contributed by atoms with Gasteiger partial charge in [0.05, 0.1) is 73.5 Å². The lowest BCUT2D eigenvalue weighted by Crippen LogP contribution is -2.47. The number of morpholine rings is 2. The Morgan fingerprint density at radius 3 is 2.73 bits per heavy atom. The van der Waals surface area contributed by atoms with Crippen molar-refractivity contribution >= 4 is 22.5 Å². The molecule has 6 heterocycles. The van der Waals surface area contributed by atoms with Crippen LogP contribution in [-0.4, -0.2) is 76.1 Å². The number of pyridine rings is 1. The Morgan fingerprint density at radius 2 is 2.03 bits per heavy atom. The van der Waals surface area contributed by atoms with Crippen molar-refractivity contribution in [3.05, 3.63) is 24.0 Å². The predicted molar refractivity (Wildman–Crippen MR) is 123 cm³/mol. The van der Waals surface area contributed by atoms with Gasteiger partial charge in [-0.05, 0) is 26.7 Å². The van der Waals surface area contributed by atoms with Crippen molar-refractivity contribution in [1.29, 1.82) is 5.26 Å². The molecule has 2 unspecified atom stereocenters. The largest absolute Gasteiger partial charge is 0.377 e. The third-order valence-corrected chi connectivity index (χ3v) is 7.13. The molecule has 0 aliphatic carbocycles. The second-order valence-corrected chi connectivity index (χ2v) is 9.23. The van der Waals surface area contributed by atoms with E-state index >= 15 is 0 Å². The molecule has 2 bridgehead atoms. The Balaban J connectivity index is 1.62. The fourth-order valence-corrected chi connectivity index (χ4v) is 5.45. The molecule has 0 aromatic carbocycles. The van der Waals surface area contributed by atoms with Gasteiger partial charge in [-0.15, -0.1) is 0 Å². The Labute approximate surface area is 192 Å². The van der Waals surface area contributed by atoms with Crippen LogP contribution >= 0.6 is 0 Å². The summed E-state index contributed by atoms with van der Waals surface area (Å²) < 4.78 is 13.4. The van der Waals surface area contributed by atoms with E-state index in [1.807, 2.05) is 13.0 Å². The number of hydrogen-bond acceptors (Lipinski definition) is 8. The van der Waals surface area contributed by atoms with E-state index in [0.29, 0.717) is 25.3 Å². The Hall–Kier alpha value is -3.16. The van der Waals surface area contributed by atoms with Crippen molar-refractivity contribution < 1.29 is 9.47 Å². The van der Waals surface area contributed by atoms with E-state index in [1.54, 1.807) is 10.9 Å². The average molecular weight is 449 g/mol. The van der Waals surface area contributed by atoms with Gasteiger partial charge in [0.25, 0.3) is 0 Å². The minimum atomic E-state index is -0.376. The number of aromatic amines is 1. The molecular weight excluding hydrogens is 420 g/mol. The predicted octanol–water partition coefficient (Wildman–Crippen LogP) is 2.36. The minimum Gasteiger partial charge on any atom is -0.377 e. The first-order valence-corrected chi connectivity index (χ1v) is 11.7. The van der Waals surface area contributed by atoms with Gasteiger partial charge in [0.15, 0.2) is 11.5 Å². The highest BCUT2D eigenvalue weighted by Crippen LogP contribution is 2.41. The minimum absolute atomic E-state index is 0.208. The summed E-state index contributed by atoms with van der Waals surface area (Å²) >= 11 is 0. The molecule has 172 valence electrons. The number of hydrogen-bond donors (Lipinski definition) is 1. The summed E-state index contributed by atoms with van der Waals surface area (Å²) in [5.74, 6) is 1.30. The van der Waals surface area contributed by atoms with Crippen LogP contribution in [0.5, 0.6) is 0 Å². The van der Waals surface area contributed by atoms with Gasteiger partial charge in [-0.2, -0.15) is 20.1 Å². The third kappa shape index (κ3) is 3.26. The lowest BCUT2D eigenvalue weighted by Gasteiger charge is -2.38. The van der Waals surface area contributed by atoms with E-state index < -0.39 is 0 Å². The number of nitrogens with one attached hydrogen (secondary N) is 1. The zero-order valence-electron chi connectivity index (χ0n) is 18.9. The van der Waals surface area contributed by atoms with Crippen molar-refractivity contribution in [3.8, 4) is 11.9 Å². The fourth-order valence-electron chi connectivity index (χ4n) is 5.45. The molecular formula is C23H28N8O2. The quantitative estimate of drug-likeness (QED) is 0.648. The van der Waals surface area contributed by atoms with E-state index in [0.717, 1.165) is 66.7 Å². The summed E-state index contributed by atoms with van der Waals surface area (Å²) in [5, 5.41) is 22.7. The van der Waals surface area contributed by atoms with Gasteiger partial charge in [-0.3, -0.25) is 5.10 Å². The second kappa shape index (κ2) is 8.01. The summed E-state index contributed by atoms with van der Waals surface area (Å²) in [6.07, 6.45) is 3.93. The molecule has 0 amide bonds. The van der Waals surface area contributed by atoms with Crippen molar-refractivity contribution in [2.75, 3.05) is 42.8 Å². The molecule has 6 rings (SSSR count). The van der Waals surface area contributed by atoms with Crippen LogP contribution < -0.4 is 9.80 Å². The standard InChI is InChI=1S/C23H28N8O2/c1-14(10-24)22-21-18(29-7-8-32-11-15(29)2)9-20(30-16-3-4-17(30)13-33-12-16)26-23(21)31(28-22)19-5-6-25-27-19/h5-6,9,14-17H,3-4,7-8,11-13H2,1-2H3,(H,25,27)/t14-,15+,16?,17?/m0/s1. The molecule has 10 nitrogen and oxygen atoms in total. The van der Waals surface area contributed by atoms with Gasteiger partial charge in [0.2, 0.25) is 0 Å². The Bertz CT molecular complexity index is 1180. The molecule has 3 aliphatic heterocycles. The van der Waals surface area contributed by atoms with Gasteiger partial charge in [0.1, 0.15) is 5.82 Å². The molecule has 0 saturated carbocycles. The Kier molecular flexibility index (Phi) is 4.96. The molecule has 3 aliphatic rings. The molecule has 3 aromatic heterocycles. The number of fused-ring (bicyclic) bond motifs is 3. The maximum absolute atomic E-state index is 9.78. The number of nitriles is 1. The summed E-state index contributed by atoms with van der Waals surface area (Å²) in [6.45, 7) is 7.65. The summed E-state index contributed by atoms with van der Waals surface area (Å²) in [7, 11) is 0. The van der Waals surface area contributed by atoms with Crippen LogP contribution in [0.15, 0.2) is 18.3 Å². The number of H-pyrrole nitrogens is 1. The van der Waals surface area contributed by atoms with E-state index in [9.17, 15) is 5.26 Å². The van der Waals surface area contributed by atoms with Crippen LogP contribution in [0.4, 0.5) is 11.5 Å². The number of ether oxygens (including phenoxy) is 2. The maximum atomic E-state index is 9.78. The van der Waals surface area contributed by atoms with Crippen LogP contribution in [0.2, 0.25) is 0 Å². The first-order chi connectivity index (χ1) is 16.2. The molecule has 0 spiro atoms. The van der Waals surface area contributed by atoms with Gasteiger partial charge >= 0.3 is 0 Å².